The van der Waals surface area contributed by atoms with Gasteiger partial charge in [-0.3, -0.25) is 4.79 Å². The summed E-state index contributed by atoms with van der Waals surface area (Å²) < 4.78 is 27.2. The van der Waals surface area contributed by atoms with Gasteiger partial charge in [-0.2, -0.15) is 0 Å². The van der Waals surface area contributed by atoms with Crippen LogP contribution in [-0.4, -0.2) is 32.2 Å². The molecule has 8 heteroatoms. The lowest BCUT2D eigenvalue weighted by Gasteiger charge is -2.17. The van der Waals surface area contributed by atoms with Crippen molar-refractivity contribution < 1.29 is 13.2 Å². The number of halogens is 1. The van der Waals surface area contributed by atoms with Crippen molar-refractivity contribution in [1.82, 2.24) is 9.62 Å². The van der Waals surface area contributed by atoms with Crippen molar-refractivity contribution in [2.75, 3.05) is 13.6 Å². The molecule has 0 aliphatic rings. The van der Waals surface area contributed by atoms with Gasteiger partial charge in [-0.15, -0.1) is 11.3 Å². The Labute approximate surface area is 161 Å². The van der Waals surface area contributed by atoms with E-state index in [1.54, 1.807) is 17.5 Å². The summed E-state index contributed by atoms with van der Waals surface area (Å²) in [7, 11) is -1.91. The largest absolute Gasteiger partial charge is 0.350 e. The van der Waals surface area contributed by atoms with Crippen LogP contribution in [0.1, 0.15) is 31.4 Å². The summed E-state index contributed by atoms with van der Waals surface area (Å²) in [5.41, 5.74) is 1.01. The molecule has 0 radical (unpaired) electrons. The Balaban J connectivity index is 1.81. The lowest BCUT2D eigenvalue weighted by Crippen LogP contribution is -2.30. The van der Waals surface area contributed by atoms with Gasteiger partial charge in [-0.1, -0.05) is 40.2 Å². The molecule has 0 spiro atoms. The number of carbonyl (C=O) groups is 1. The lowest BCUT2D eigenvalue weighted by molar-refractivity contribution is -0.121. The first-order valence-electron chi connectivity index (χ1n) is 7.86. The first kappa shape index (κ1) is 20.1. The standard InChI is InChI=1S/C17H21BrN2O3S2/c1-13(14-7-3-4-8-15(14)18)19-16(21)9-5-11-20(2)25(22,23)17-10-6-12-24-17/h3-4,6-8,10,12-13H,5,9,11H2,1-2H3,(H,19,21). The second-order valence-corrected chi connectivity index (χ2v) is 9.75. The summed E-state index contributed by atoms with van der Waals surface area (Å²) in [5, 5.41) is 4.68. The fraction of sp³-hybridized carbons (Fsp3) is 0.353. The Morgan fingerprint density at radius 2 is 2.00 bits per heavy atom. The summed E-state index contributed by atoms with van der Waals surface area (Å²) in [4.78, 5) is 12.1. The van der Waals surface area contributed by atoms with E-state index in [1.807, 2.05) is 31.2 Å². The van der Waals surface area contributed by atoms with Crippen molar-refractivity contribution in [3.8, 4) is 0 Å². The van der Waals surface area contributed by atoms with Crippen molar-refractivity contribution in [2.24, 2.45) is 0 Å². The van der Waals surface area contributed by atoms with Gasteiger partial charge in [0, 0.05) is 24.5 Å². The van der Waals surface area contributed by atoms with Crippen molar-refractivity contribution in [3.63, 3.8) is 0 Å². The van der Waals surface area contributed by atoms with Gasteiger partial charge in [0.2, 0.25) is 5.91 Å². The average Bonchev–Trinajstić information content (AvgIpc) is 3.10. The molecule has 2 aromatic rings. The maximum absolute atomic E-state index is 12.3. The second-order valence-electron chi connectivity index (χ2n) is 5.67. The number of benzene rings is 1. The maximum Gasteiger partial charge on any atom is 0.252 e. The Hall–Kier alpha value is -1.22. The van der Waals surface area contributed by atoms with Gasteiger partial charge >= 0.3 is 0 Å². The number of sulfonamides is 1. The molecule has 1 N–H and O–H groups in total. The fourth-order valence-corrected chi connectivity index (χ4v) is 5.40. The molecule has 0 aliphatic heterocycles. The van der Waals surface area contributed by atoms with Gasteiger partial charge in [0.1, 0.15) is 4.21 Å². The molecule has 1 unspecified atom stereocenters. The molecule has 0 fully saturated rings. The third-order valence-corrected chi connectivity index (χ3v) is 7.74. The van der Waals surface area contributed by atoms with Crippen LogP contribution in [0.25, 0.3) is 0 Å². The molecule has 1 aromatic carbocycles. The molecule has 1 atom stereocenters. The highest BCUT2D eigenvalue weighted by Gasteiger charge is 2.21. The van der Waals surface area contributed by atoms with Crippen molar-refractivity contribution in [3.05, 3.63) is 51.8 Å². The molecule has 25 heavy (non-hydrogen) atoms. The number of carbonyl (C=O) groups excluding carboxylic acids is 1. The monoisotopic (exact) mass is 444 g/mol. The number of rotatable bonds is 8. The molecular weight excluding hydrogens is 424 g/mol. The smallest absolute Gasteiger partial charge is 0.252 e. The molecule has 5 nitrogen and oxygen atoms in total. The summed E-state index contributed by atoms with van der Waals surface area (Å²) in [6, 6.07) is 10.9. The Bertz CT molecular complexity index is 807. The van der Waals surface area contributed by atoms with Gasteiger partial charge in [-0.05, 0) is 36.4 Å². The normalized spacial score (nSPS) is 13.0. The van der Waals surface area contributed by atoms with Gasteiger partial charge in [0.15, 0.2) is 0 Å². The van der Waals surface area contributed by atoms with Crippen LogP contribution in [0, 0.1) is 0 Å². The van der Waals surface area contributed by atoms with Crippen LogP contribution in [0.2, 0.25) is 0 Å². The Morgan fingerprint density at radius 3 is 2.64 bits per heavy atom. The van der Waals surface area contributed by atoms with Crippen molar-refractivity contribution in [1.29, 1.82) is 0 Å². The van der Waals surface area contributed by atoms with Crippen LogP contribution in [0.4, 0.5) is 0 Å². The van der Waals surface area contributed by atoms with Crippen molar-refractivity contribution >= 4 is 43.2 Å². The van der Waals surface area contributed by atoms with E-state index in [9.17, 15) is 13.2 Å². The number of nitrogens with zero attached hydrogens (tertiary/aromatic N) is 1. The number of hydrogen-bond donors (Lipinski definition) is 1. The first-order valence-corrected chi connectivity index (χ1v) is 11.0. The Morgan fingerprint density at radius 1 is 1.28 bits per heavy atom. The second kappa shape index (κ2) is 8.93. The zero-order valence-electron chi connectivity index (χ0n) is 14.1. The number of hydrogen-bond acceptors (Lipinski definition) is 4. The van der Waals surface area contributed by atoms with Gasteiger partial charge in [0.05, 0.1) is 6.04 Å². The number of thiophene rings is 1. The molecule has 136 valence electrons. The maximum atomic E-state index is 12.3. The van der Waals surface area contributed by atoms with E-state index >= 15 is 0 Å². The number of nitrogens with one attached hydrogen (secondary N) is 1. The van der Waals surface area contributed by atoms with E-state index in [0.717, 1.165) is 10.0 Å². The van der Waals surface area contributed by atoms with Crippen LogP contribution >= 0.6 is 27.3 Å². The van der Waals surface area contributed by atoms with Crippen LogP contribution in [0.3, 0.4) is 0 Å². The molecule has 1 heterocycles. The fourth-order valence-electron chi connectivity index (χ4n) is 2.36. The van der Waals surface area contributed by atoms with Crippen LogP contribution in [-0.2, 0) is 14.8 Å². The minimum atomic E-state index is -3.45. The van der Waals surface area contributed by atoms with Crippen LogP contribution < -0.4 is 5.32 Å². The minimum Gasteiger partial charge on any atom is -0.350 e. The minimum absolute atomic E-state index is 0.0924. The van der Waals surface area contributed by atoms with Gasteiger partial charge < -0.3 is 5.32 Å². The Kier molecular flexibility index (Phi) is 7.18. The van der Waals surface area contributed by atoms with E-state index in [0.29, 0.717) is 17.2 Å². The highest BCUT2D eigenvalue weighted by atomic mass is 79.9. The van der Waals surface area contributed by atoms with Crippen molar-refractivity contribution in [2.45, 2.75) is 30.0 Å². The quantitative estimate of drug-likeness (QED) is 0.673. The summed E-state index contributed by atoms with van der Waals surface area (Å²) in [6.45, 7) is 2.22. The van der Waals surface area contributed by atoms with E-state index in [2.05, 4.69) is 21.2 Å². The predicted octanol–water partition coefficient (Wildman–Crippen LogP) is 3.79. The van der Waals surface area contributed by atoms with Gasteiger partial charge in [0.25, 0.3) is 10.0 Å². The van der Waals surface area contributed by atoms with E-state index in [-0.39, 0.29) is 18.4 Å². The molecule has 0 saturated carbocycles. The molecular formula is C17H21BrN2O3S2. The zero-order chi connectivity index (χ0) is 18.4. The van der Waals surface area contributed by atoms with Gasteiger partial charge in [-0.25, -0.2) is 12.7 Å². The third kappa shape index (κ3) is 5.37. The molecule has 0 saturated heterocycles. The predicted molar refractivity (Wildman–Crippen MR) is 104 cm³/mol. The molecule has 0 aliphatic carbocycles. The van der Waals surface area contributed by atoms with Crippen LogP contribution in [0.5, 0.6) is 0 Å². The first-order chi connectivity index (χ1) is 11.8. The molecule has 1 aromatic heterocycles. The SMILES string of the molecule is CC(NC(=O)CCCN(C)S(=O)(=O)c1cccs1)c1ccccc1Br. The zero-order valence-corrected chi connectivity index (χ0v) is 17.3. The van der Waals surface area contributed by atoms with E-state index < -0.39 is 10.0 Å². The average molecular weight is 445 g/mol. The summed E-state index contributed by atoms with van der Waals surface area (Å²) >= 11 is 4.67. The van der Waals surface area contributed by atoms with Crippen LogP contribution in [0.15, 0.2) is 50.5 Å². The molecule has 1 amide bonds. The lowest BCUT2D eigenvalue weighted by atomic mass is 10.1. The highest BCUT2D eigenvalue weighted by molar-refractivity contribution is 9.10. The van der Waals surface area contributed by atoms with E-state index in [4.69, 9.17) is 0 Å². The third-order valence-electron chi connectivity index (χ3n) is 3.79. The summed E-state index contributed by atoms with van der Waals surface area (Å²) in [6.07, 6.45) is 0.745. The number of amides is 1. The summed E-state index contributed by atoms with van der Waals surface area (Å²) in [5.74, 6) is -0.0924. The van der Waals surface area contributed by atoms with E-state index in [1.165, 1.54) is 22.7 Å². The molecule has 2 rings (SSSR count). The molecule has 0 bridgehead atoms. The highest BCUT2D eigenvalue weighted by Crippen LogP contribution is 2.23. The topological polar surface area (TPSA) is 66.5 Å².